The number of aromatic nitrogens is 2. The van der Waals surface area contributed by atoms with Crippen LogP contribution in [0.25, 0.3) is 0 Å². The first-order chi connectivity index (χ1) is 9.99. The van der Waals surface area contributed by atoms with Crippen molar-refractivity contribution in [2.75, 3.05) is 12.8 Å². The Balaban J connectivity index is 2.29. The van der Waals surface area contributed by atoms with Crippen molar-refractivity contribution in [3.05, 3.63) is 44.9 Å². The number of methoxy groups -OCH3 is 1. The number of hydrogen-bond donors (Lipinski definition) is 1. The Morgan fingerprint density at radius 2 is 2.05 bits per heavy atom. The van der Waals surface area contributed by atoms with Crippen LogP contribution >= 0.6 is 22.6 Å². The van der Waals surface area contributed by atoms with Crippen molar-refractivity contribution in [2.45, 2.75) is 26.7 Å². The number of ether oxygens (including phenoxy) is 1. The Labute approximate surface area is 139 Å². The van der Waals surface area contributed by atoms with Crippen LogP contribution in [0.3, 0.4) is 0 Å². The Morgan fingerprint density at radius 3 is 2.71 bits per heavy atom. The maximum atomic E-state index is 6.02. The van der Waals surface area contributed by atoms with Gasteiger partial charge in [-0.05, 0) is 52.6 Å². The highest BCUT2D eigenvalue weighted by Gasteiger charge is 2.12. The maximum Gasteiger partial charge on any atom is 0.140 e. The lowest BCUT2D eigenvalue weighted by Gasteiger charge is -2.11. The van der Waals surface area contributed by atoms with Crippen LogP contribution in [0.5, 0.6) is 5.75 Å². The summed E-state index contributed by atoms with van der Waals surface area (Å²) in [6.07, 6.45) is 1.57. The molecule has 0 bridgehead atoms. The smallest absolute Gasteiger partial charge is 0.140 e. The molecule has 0 aliphatic carbocycles. The largest absolute Gasteiger partial charge is 0.497 e. The minimum Gasteiger partial charge on any atom is -0.497 e. The quantitative estimate of drug-likeness (QED) is 0.786. The first kappa shape index (κ1) is 16.0. The number of nitrogens with zero attached hydrogens (tertiary/aromatic N) is 2. The molecule has 0 radical (unpaired) electrons. The Kier molecular flexibility index (Phi) is 5.39. The average Bonchev–Trinajstić information content (AvgIpc) is 2.44. The second-order valence-electron chi connectivity index (χ2n) is 5.41. The van der Waals surface area contributed by atoms with E-state index in [1.807, 2.05) is 24.3 Å². The number of rotatable bonds is 5. The van der Waals surface area contributed by atoms with Crippen molar-refractivity contribution in [3.63, 3.8) is 0 Å². The van der Waals surface area contributed by atoms with Gasteiger partial charge in [-0.3, -0.25) is 0 Å². The molecule has 0 unspecified atom stereocenters. The summed E-state index contributed by atoms with van der Waals surface area (Å²) in [5, 5.41) is 0. The fourth-order valence-electron chi connectivity index (χ4n) is 2.13. The molecular formula is C16H20IN3O. The third-order valence-electron chi connectivity index (χ3n) is 3.09. The van der Waals surface area contributed by atoms with E-state index in [1.165, 1.54) is 0 Å². The second kappa shape index (κ2) is 7.06. The molecular weight excluding hydrogens is 377 g/mol. The molecule has 1 heterocycles. The highest BCUT2D eigenvalue weighted by Crippen LogP contribution is 2.21. The molecule has 21 heavy (non-hydrogen) atoms. The predicted octanol–water partition coefficient (Wildman–Crippen LogP) is 3.46. The SMILES string of the molecule is COc1cccc(Cc2nc(N)c(I)c(CC(C)C)n2)c1. The molecule has 0 atom stereocenters. The van der Waals surface area contributed by atoms with E-state index in [4.69, 9.17) is 10.5 Å². The summed E-state index contributed by atoms with van der Waals surface area (Å²) < 4.78 is 6.21. The Hall–Kier alpha value is -1.37. The molecule has 0 amide bonds. The summed E-state index contributed by atoms with van der Waals surface area (Å²) in [6, 6.07) is 7.94. The summed E-state index contributed by atoms with van der Waals surface area (Å²) in [5.41, 5.74) is 8.18. The Morgan fingerprint density at radius 1 is 1.29 bits per heavy atom. The van der Waals surface area contributed by atoms with Crippen LogP contribution in [0.4, 0.5) is 5.82 Å². The third kappa shape index (κ3) is 4.30. The van der Waals surface area contributed by atoms with Crippen molar-refractivity contribution in [2.24, 2.45) is 5.92 Å². The van der Waals surface area contributed by atoms with Crippen LogP contribution in [0.1, 0.15) is 30.9 Å². The summed E-state index contributed by atoms with van der Waals surface area (Å²) >= 11 is 2.23. The molecule has 4 nitrogen and oxygen atoms in total. The van der Waals surface area contributed by atoms with Gasteiger partial charge in [-0.15, -0.1) is 0 Å². The molecule has 0 saturated carbocycles. The van der Waals surface area contributed by atoms with Crippen LogP contribution in [-0.4, -0.2) is 17.1 Å². The average molecular weight is 397 g/mol. The van der Waals surface area contributed by atoms with Gasteiger partial charge < -0.3 is 10.5 Å². The van der Waals surface area contributed by atoms with Crippen LogP contribution in [0, 0.1) is 9.49 Å². The fourth-order valence-corrected chi connectivity index (χ4v) is 2.59. The van der Waals surface area contributed by atoms with Crippen molar-refractivity contribution in [1.82, 2.24) is 9.97 Å². The minimum atomic E-state index is 0.539. The number of hydrogen-bond acceptors (Lipinski definition) is 4. The summed E-state index contributed by atoms with van der Waals surface area (Å²) in [7, 11) is 1.67. The summed E-state index contributed by atoms with van der Waals surface area (Å²) in [5.74, 6) is 2.71. The van der Waals surface area contributed by atoms with E-state index in [9.17, 15) is 0 Å². The summed E-state index contributed by atoms with van der Waals surface area (Å²) in [4.78, 5) is 9.09. The van der Waals surface area contributed by atoms with E-state index < -0.39 is 0 Å². The standard InChI is InChI=1S/C16H20IN3O/c1-10(2)7-13-15(17)16(18)20-14(19-13)9-11-5-4-6-12(8-11)21-3/h4-6,8,10H,7,9H2,1-3H3,(H2,18,19,20). The van der Waals surface area contributed by atoms with Crippen molar-refractivity contribution >= 4 is 28.4 Å². The maximum absolute atomic E-state index is 6.02. The Bertz CT molecular complexity index is 629. The lowest BCUT2D eigenvalue weighted by Crippen LogP contribution is -2.10. The van der Waals surface area contributed by atoms with Crippen LogP contribution < -0.4 is 10.5 Å². The van der Waals surface area contributed by atoms with Gasteiger partial charge in [0, 0.05) is 6.42 Å². The minimum absolute atomic E-state index is 0.539. The monoisotopic (exact) mass is 397 g/mol. The van der Waals surface area contributed by atoms with Crippen LogP contribution in [-0.2, 0) is 12.8 Å². The van der Waals surface area contributed by atoms with Gasteiger partial charge in [0.25, 0.3) is 0 Å². The fraction of sp³-hybridized carbons (Fsp3) is 0.375. The van der Waals surface area contributed by atoms with E-state index in [1.54, 1.807) is 7.11 Å². The van der Waals surface area contributed by atoms with Crippen molar-refractivity contribution in [3.8, 4) is 5.75 Å². The number of halogens is 1. The molecule has 0 fully saturated rings. The van der Waals surface area contributed by atoms with Gasteiger partial charge in [-0.25, -0.2) is 9.97 Å². The zero-order valence-electron chi connectivity index (χ0n) is 12.6. The highest BCUT2D eigenvalue weighted by atomic mass is 127. The molecule has 2 aromatic rings. The van der Waals surface area contributed by atoms with E-state index in [0.717, 1.165) is 32.8 Å². The molecule has 2 N–H and O–H groups in total. The van der Waals surface area contributed by atoms with Gasteiger partial charge in [0.1, 0.15) is 17.4 Å². The first-order valence-corrected chi connectivity index (χ1v) is 8.01. The van der Waals surface area contributed by atoms with E-state index in [0.29, 0.717) is 18.2 Å². The zero-order valence-corrected chi connectivity index (χ0v) is 14.7. The number of anilines is 1. The van der Waals surface area contributed by atoms with Crippen LogP contribution in [0.15, 0.2) is 24.3 Å². The zero-order chi connectivity index (χ0) is 15.4. The summed E-state index contributed by atoms with van der Waals surface area (Å²) in [6.45, 7) is 4.35. The van der Waals surface area contributed by atoms with Gasteiger partial charge in [0.2, 0.25) is 0 Å². The molecule has 1 aromatic heterocycles. The van der Waals surface area contributed by atoms with Gasteiger partial charge in [0.05, 0.1) is 16.4 Å². The molecule has 112 valence electrons. The third-order valence-corrected chi connectivity index (χ3v) is 4.26. The predicted molar refractivity (Wildman–Crippen MR) is 93.5 cm³/mol. The highest BCUT2D eigenvalue weighted by molar-refractivity contribution is 14.1. The molecule has 0 saturated heterocycles. The first-order valence-electron chi connectivity index (χ1n) is 6.93. The second-order valence-corrected chi connectivity index (χ2v) is 6.49. The van der Waals surface area contributed by atoms with E-state index in [-0.39, 0.29) is 0 Å². The molecule has 0 spiro atoms. The van der Waals surface area contributed by atoms with Gasteiger partial charge in [-0.2, -0.15) is 0 Å². The lowest BCUT2D eigenvalue weighted by molar-refractivity contribution is 0.414. The topological polar surface area (TPSA) is 61.0 Å². The lowest BCUT2D eigenvalue weighted by atomic mass is 10.1. The number of benzene rings is 1. The van der Waals surface area contributed by atoms with Gasteiger partial charge in [-0.1, -0.05) is 26.0 Å². The molecule has 0 aliphatic heterocycles. The van der Waals surface area contributed by atoms with E-state index >= 15 is 0 Å². The normalized spacial score (nSPS) is 10.9. The molecule has 2 rings (SSSR count). The van der Waals surface area contributed by atoms with E-state index in [2.05, 4.69) is 46.4 Å². The van der Waals surface area contributed by atoms with Gasteiger partial charge in [0.15, 0.2) is 0 Å². The van der Waals surface area contributed by atoms with Crippen LogP contribution in [0.2, 0.25) is 0 Å². The number of nitrogen functional groups attached to an aromatic ring is 1. The number of nitrogens with two attached hydrogens (primary N) is 1. The molecule has 0 aliphatic rings. The molecule has 5 heteroatoms. The molecule has 1 aromatic carbocycles. The van der Waals surface area contributed by atoms with Gasteiger partial charge >= 0.3 is 0 Å². The van der Waals surface area contributed by atoms with Crippen molar-refractivity contribution in [1.29, 1.82) is 0 Å². The van der Waals surface area contributed by atoms with Crippen molar-refractivity contribution < 1.29 is 4.74 Å².